The van der Waals surface area contributed by atoms with Crippen molar-refractivity contribution in [2.24, 2.45) is 59.2 Å². The normalized spacial score (nSPS) is 32.6. The summed E-state index contributed by atoms with van der Waals surface area (Å²) >= 11 is -3.98. The van der Waals surface area contributed by atoms with Gasteiger partial charge < -0.3 is 0 Å². The predicted octanol–water partition coefficient (Wildman–Crippen LogP) is 15.8. The molecular weight excluding hydrogens is 967 g/mol. The number of hydrogen-bond donors (Lipinski definition) is 0. The maximum Gasteiger partial charge on any atom is -0.147 e. The average Bonchev–Trinajstić information content (AvgIpc) is 3.82. The van der Waals surface area contributed by atoms with Gasteiger partial charge in [-0.2, -0.15) is 0 Å². The van der Waals surface area contributed by atoms with Gasteiger partial charge in [-0.1, -0.05) is 0 Å². The van der Waals surface area contributed by atoms with E-state index in [4.69, 9.17) is 0 Å². The quantitative estimate of drug-likeness (QED) is 0.139. The van der Waals surface area contributed by atoms with E-state index in [9.17, 15) is 0 Å². The maximum atomic E-state index is 2.99. The molecule has 0 N–H and O–H groups in total. The molecule has 14 rings (SSSR count). The summed E-state index contributed by atoms with van der Waals surface area (Å²) in [5.74, 6) is 9.70. The molecule has 8 saturated carbocycles. The van der Waals surface area contributed by atoms with Crippen molar-refractivity contribution in [3.05, 3.63) is 118 Å². The molecule has 0 aromatic heterocycles. The molecule has 0 spiro atoms. The van der Waals surface area contributed by atoms with E-state index in [1.807, 2.05) is 11.1 Å². The average molecular weight is 1050 g/mol. The second kappa shape index (κ2) is 17.1. The van der Waals surface area contributed by atoms with Crippen LogP contribution in [0, 0.1) is 59.2 Å². The van der Waals surface area contributed by atoms with Crippen LogP contribution in [0.2, 0.25) is 48.5 Å². The van der Waals surface area contributed by atoms with Gasteiger partial charge in [-0.3, -0.25) is 0 Å². The Bertz CT molecular complexity index is 2420. The minimum atomic E-state index is -3.98. The van der Waals surface area contributed by atoms with Crippen molar-refractivity contribution >= 4 is 70.4 Å². The second-order valence-corrected chi connectivity index (χ2v) is 67.7. The van der Waals surface area contributed by atoms with Crippen molar-refractivity contribution in [2.45, 2.75) is 133 Å². The van der Waals surface area contributed by atoms with Crippen molar-refractivity contribution in [1.82, 2.24) is 0 Å². The van der Waals surface area contributed by atoms with Crippen molar-refractivity contribution in [3.8, 4) is 22.3 Å². The van der Waals surface area contributed by atoms with Crippen LogP contribution in [0.4, 0.5) is 0 Å². The number of halogens is 2. The van der Waals surface area contributed by atoms with Crippen LogP contribution in [0.5, 0.6) is 0 Å². The first-order valence-electron chi connectivity index (χ1n) is 26.4. The summed E-state index contributed by atoms with van der Waals surface area (Å²) in [5.41, 5.74) is 16.1. The van der Waals surface area contributed by atoms with Gasteiger partial charge in [-0.05, 0) is 0 Å². The fraction of sp³-hybridized carbons (Fsp3) is 0.533. The first-order chi connectivity index (χ1) is 30.4. The van der Waals surface area contributed by atoms with Crippen molar-refractivity contribution in [2.75, 3.05) is 0 Å². The monoisotopic (exact) mass is 1040 g/mol. The molecule has 0 nitrogen and oxygen atoms in total. The summed E-state index contributed by atoms with van der Waals surface area (Å²) in [5, 5.41) is 3.13. The molecule has 10 aliphatic rings. The number of rotatable bonds is 10. The van der Waals surface area contributed by atoms with Gasteiger partial charge in [-0.25, -0.2) is 0 Å². The standard InChI is InChI=1S/2C29H35Si.2CH3.2ClH.H2Si.Zr/c2*1-30(2,3)26-9-7-22(8-10-26)27-6-4-5-23-12-21(18-29(23)27)17-28-24-13-19-11-20(15-24)16-25(28)14-19;;;;;;/h2*4-10,12,18-20,24-25,28H,11,13-17H2,1-3H3;2*1H3;2*1H;1H2;. The summed E-state index contributed by atoms with van der Waals surface area (Å²) in [6, 6.07) is 35.0. The number of hydrogen-bond acceptors (Lipinski definition) is 0. The third-order valence-corrected chi connectivity index (χ3v) is 41.7. The van der Waals surface area contributed by atoms with Gasteiger partial charge >= 0.3 is 396 Å². The Balaban J connectivity index is 0.00000256. The van der Waals surface area contributed by atoms with Crippen LogP contribution in [-0.4, -0.2) is 23.0 Å². The molecule has 0 heterocycles. The van der Waals surface area contributed by atoms with Gasteiger partial charge in [0, 0.05) is 0 Å². The van der Waals surface area contributed by atoms with Crippen molar-refractivity contribution < 1.29 is 17.4 Å². The summed E-state index contributed by atoms with van der Waals surface area (Å²) in [7, 11) is -2.78. The maximum absolute atomic E-state index is 3.98. The molecule has 10 aliphatic carbocycles. The Kier molecular flexibility index (Phi) is 12.4. The number of benzene rings is 4. The van der Waals surface area contributed by atoms with E-state index in [2.05, 4.69) is 153 Å². The van der Waals surface area contributed by atoms with Crippen LogP contribution in [0.25, 0.3) is 34.4 Å². The van der Waals surface area contributed by atoms with E-state index in [1.54, 1.807) is 45.5 Å². The van der Waals surface area contributed by atoms with Gasteiger partial charge in [0.25, 0.3) is 0 Å². The third-order valence-electron chi connectivity index (χ3n) is 20.1. The Morgan fingerprint density at radius 2 is 0.773 bits per heavy atom. The predicted molar refractivity (Wildman–Crippen MR) is 296 cm³/mol. The molecule has 2 unspecified atom stereocenters. The van der Waals surface area contributed by atoms with E-state index >= 15 is 0 Å². The molecule has 0 radical (unpaired) electrons. The minimum absolute atomic E-state index is 0. The molecule has 2 atom stereocenters. The summed E-state index contributed by atoms with van der Waals surface area (Å²) in [4.78, 5) is 0. The molecule has 350 valence electrons. The number of allylic oxidation sites excluding steroid dienone is 2. The molecule has 8 fully saturated rings. The van der Waals surface area contributed by atoms with E-state index < -0.39 is 33.5 Å². The van der Waals surface area contributed by atoms with E-state index in [-0.39, 0.29) is 24.8 Å². The zero-order valence-electron chi connectivity index (χ0n) is 41.7. The third kappa shape index (κ3) is 8.12. The second-order valence-electron chi connectivity index (χ2n) is 27.1. The van der Waals surface area contributed by atoms with E-state index in [0.29, 0.717) is 7.25 Å². The molecule has 0 amide bonds. The Morgan fingerprint density at radius 3 is 1.08 bits per heavy atom. The minimum Gasteiger partial charge on any atom is -0.147 e. The van der Waals surface area contributed by atoms with Crippen LogP contribution in [-0.2, 0) is 17.4 Å². The summed E-state index contributed by atoms with van der Waals surface area (Å²) in [6.07, 6.45) is 23.7. The van der Waals surface area contributed by atoms with Gasteiger partial charge in [0.1, 0.15) is 0 Å². The fourth-order valence-corrected chi connectivity index (χ4v) is 39.9. The van der Waals surface area contributed by atoms with E-state index in [1.165, 1.54) is 86.5 Å². The molecule has 4 aromatic rings. The van der Waals surface area contributed by atoms with Gasteiger partial charge in [0.2, 0.25) is 0 Å². The largest absolute Gasteiger partial charge is 0.147 e. The molecule has 0 aliphatic heterocycles. The first kappa shape index (κ1) is 48.1. The molecule has 0 saturated heterocycles. The van der Waals surface area contributed by atoms with Crippen molar-refractivity contribution in [1.29, 1.82) is 0 Å². The molecule has 6 heteroatoms. The Labute approximate surface area is 416 Å². The zero-order valence-corrected chi connectivity index (χ0v) is 49.2. The van der Waals surface area contributed by atoms with Crippen LogP contribution in [0.3, 0.4) is 0 Å². The Hall–Kier alpha value is -1.53. The Morgan fingerprint density at radius 1 is 0.455 bits per heavy atom. The van der Waals surface area contributed by atoms with Crippen LogP contribution in [0.15, 0.2) is 96.1 Å². The summed E-state index contributed by atoms with van der Waals surface area (Å²) in [6.45, 7) is 17.6. The molecule has 4 aromatic carbocycles. The smallest absolute Gasteiger partial charge is 0.147 e. The van der Waals surface area contributed by atoms with Crippen LogP contribution in [0.1, 0.15) is 107 Å². The molecule has 8 bridgehead atoms. The summed E-state index contributed by atoms with van der Waals surface area (Å²) < 4.78 is 7.12. The van der Waals surface area contributed by atoms with Gasteiger partial charge in [0.05, 0.1) is 0 Å². The molecule has 66 heavy (non-hydrogen) atoms. The van der Waals surface area contributed by atoms with Crippen molar-refractivity contribution in [3.63, 3.8) is 0 Å². The molecular formula is C60H80Cl2Si3Zr. The van der Waals surface area contributed by atoms with E-state index in [0.717, 1.165) is 59.2 Å². The first-order valence-corrected chi connectivity index (χ1v) is 47.1. The van der Waals surface area contributed by atoms with Gasteiger partial charge in [-0.15, -0.1) is 24.8 Å². The topological polar surface area (TPSA) is 0 Å². The number of fused-ring (bicyclic) bond motifs is 2. The van der Waals surface area contributed by atoms with Gasteiger partial charge in [0.15, 0.2) is 0 Å². The van der Waals surface area contributed by atoms with Crippen LogP contribution < -0.4 is 10.4 Å². The zero-order chi connectivity index (χ0) is 44.1. The SMILES string of the molecule is C[Si](C)(C)c1ccc(-c2cccc3c2C=C(CC2C4CC5CC(C4)CC2C5)[CH]3[Zr]([CH3])([CH3])(=[SiH2])[CH]2C(CC3C4CC5CC(C4)CC3C5)=Cc3c(-c4ccc([Si](C)(C)C)cc4)cccc32)cc1.Cl.Cl. The fourth-order valence-electron chi connectivity index (χ4n) is 17.8. The van der Waals surface area contributed by atoms with Crippen LogP contribution >= 0.6 is 24.8 Å².